The molecule has 4 nitrogen and oxygen atoms in total. The van der Waals surface area contributed by atoms with E-state index in [0.717, 1.165) is 4.68 Å². The topological polar surface area (TPSA) is 47.8 Å². The van der Waals surface area contributed by atoms with Gasteiger partial charge in [-0.15, -0.1) is 5.10 Å². The molecule has 2 rings (SSSR count). The van der Waals surface area contributed by atoms with Crippen molar-refractivity contribution < 1.29 is 9.18 Å². The van der Waals surface area contributed by atoms with Crippen molar-refractivity contribution in [3.63, 3.8) is 0 Å². The molecule has 0 amide bonds. The Morgan fingerprint density at radius 3 is 3.00 bits per heavy atom. The summed E-state index contributed by atoms with van der Waals surface area (Å²) < 4.78 is 13.8. The molecule has 0 bridgehead atoms. The Hall–Kier alpha value is -1.78. The highest BCUT2D eigenvalue weighted by Gasteiger charge is 2.07. The van der Waals surface area contributed by atoms with E-state index in [0.29, 0.717) is 11.0 Å². The molecule has 0 atom stereocenters. The minimum Gasteiger partial charge on any atom is -0.273 e. The maximum atomic E-state index is 12.8. The second-order valence-corrected chi connectivity index (χ2v) is 2.65. The second-order valence-electron chi connectivity index (χ2n) is 2.65. The van der Waals surface area contributed by atoms with Crippen molar-refractivity contribution >= 4 is 16.9 Å². The first kappa shape index (κ1) is 7.85. The molecule has 0 saturated heterocycles. The number of hydrogen-bond donors (Lipinski definition) is 0. The van der Waals surface area contributed by atoms with Gasteiger partial charge >= 0.3 is 0 Å². The molecule has 0 fully saturated rings. The van der Waals surface area contributed by atoms with Gasteiger partial charge in [0, 0.05) is 13.0 Å². The van der Waals surface area contributed by atoms with Gasteiger partial charge in [0.05, 0.1) is 0 Å². The number of aromatic nitrogens is 3. The summed E-state index contributed by atoms with van der Waals surface area (Å²) >= 11 is 0. The quantitative estimate of drug-likeness (QED) is 0.611. The van der Waals surface area contributed by atoms with Crippen LogP contribution >= 0.6 is 0 Å². The molecule has 1 aromatic heterocycles. The fraction of sp³-hybridized carbons (Fsp3) is 0.125. The predicted molar refractivity (Wildman–Crippen MR) is 43.8 cm³/mol. The second kappa shape index (κ2) is 2.62. The van der Waals surface area contributed by atoms with Gasteiger partial charge in [-0.25, -0.2) is 4.39 Å². The molecule has 66 valence electrons. The standard InChI is InChI=1S/C8H6FN3O/c1-5(13)12-8-4-6(9)2-3-7(8)10-11-12/h2-4H,1H3. The highest BCUT2D eigenvalue weighted by Crippen LogP contribution is 2.11. The molecule has 1 heterocycles. The molecule has 0 radical (unpaired) electrons. The van der Waals surface area contributed by atoms with Crippen LogP contribution in [0, 0.1) is 5.82 Å². The first-order chi connectivity index (χ1) is 6.18. The predicted octanol–water partition coefficient (Wildman–Crippen LogP) is 1.23. The lowest BCUT2D eigenvalue weighted by molar-refractivity contribution is 0.0924. The van der Waals surface area contributed by atoms with Crippen LogP contribution in [0.3, 0.4) is 0 Å². The van der Waals surface area contributed by atoms with Gasteiger partial charge in [0.1, 0.15) is 16.9 Å². The van der Waals surface area contributed by atoms with Crippen LogP contribution in [0.2, 0.25) is 0 Å². The summed E-state index contributed by atoms with van der Waals surface area (Å²) in [6.07, 6.45) is 0. The molecule has 0 aliphatic rings. The summed E-state index contributed by atoms with van der Waals surface area (Å²) in [6, 6.07) is 4.00. The van der Waals surface area contributed by atoms with Crippen molar-refractivity contribution in [1.29, 1.82) is 0 Å². The van der Waals surface area contributed by atoms with Gasteiger partial charge in [-0.1, -0.05) is 5.21 Å². The molecule has 0 spiro atoms. The molecule has 13 heavy (non-hydrogen) atoms. The van der Waals surface area contributed by atoms with Crippen molar-refractivity contribution in [3.05, 3.63) is 24.0 Å². The third kappa shape index (κ3) is 1.18. The summed E-state index contributed by atoms with van der Waals surface area (Å²) in [5, 5.41) is 7.29. The van der Waals surface area contributed by atoms with Crippen LogP contribution in [0.4, 0.5) is 4.39 Å². The van der Waals surface area contributed by atoms with Crippen molar-refractivity contribution in [3.8, 4) is 0 Å². The van der Waals surface area contributed by atoms with E-state index in [1.165, 1.54) is 25.1 Å². The third-order valence-corrected chi connectivity index (χ3v) is 1.71. The summed E-state index contributed by atoms with van der Waals surface area (Å²) in [4.78, 5) is 11.0. The molecule has 0 saturated carbocycles. The zero-order valence-corrected chi connectivity index (χ0v) is 6.86. The van der Waals surface area contributed by atoms with E-state index in [2.05, 4.69) is 10.3 Å². The number of halogens is 1. The number of fused-ring (bicyclic) bond motifs is 1. The lowest BCUT2D eigenvalue weighted by Crippen LogP contribution is -2.07. The Bertz CT molecular complexity index is 477. The maximum absolute atomic E-state index is 12.8. The van der Waals surface area contributed by atoms with Crippen LogP contribution < -0.4 is 0 Å². The van der Waals surface area contributed by atoms with Gasteiger partial charge in [0.15, 0.2) is 0 Å². The number of benzene rings is 1. The van der Waals surface area contributed by atoms with Crippen molar-refractivity contribution in [1.82, 2.24) is 15.0 Å². The minimum atomic E-state index is -0.405. The first-order valence-corrected chi connectivity index (χ1v) is 3.70. The number of carbonyl (C=O) groups is 1. The first-order valence-electron chi connectivity index (χ1n) is 3.70. The molecular weight excluding hydrogens is 173 g/mol. The summed E-state index contributed by atoms with van der Waals surface area (Å²) in [5.41, 5.74) is 0.907. The summed E-state index contributed by atoms with van der Waals surface area (Å²) in [7, 11) is 0. The van der Waals surface area contributed by atoms with Crippen LogP contribution in [0.1, 0.15) is 11.7 Å². The number of nitrogens with zero attached hydrogens (tertiary/aromatic N) is 3. The Morgan fingerprint density at radius 1 is 1.54 bits per heavy atom. The summed E-state index contributed by atoms with van der Waals surface area (Å²) in [5.74, 6) is -0.689. The van der Waals surface area contributed by atoms with Gasteiger partial charge in [-0.3, -0.25) is 4.79 Å². The Morgan fingerprint density at radius 2 is 2.31 bits per heavy atom. The molecule has 0 aliphatic carbocycles. The zero-order chi connectivity index (χ0) is 9.42. The molecule has 5 heteroatoms. The van der Waals surface area contributed by atoms with E-state index in [-0.39, 0.29) is 5.91 Å². The van der Waals surface area contributed by atoms with E-state index in [1.807, 2.05) is 0 Å². The van der Waals surface area contributed by atoms with Crippen LogP contribution in [0.15, 0.2) is 18.2 Å². The molecule has 0 unspecified atom stereocenters. The normalized spacial score (nSPS) is 10.6. The van der Waals surface area contributed by atoms with Crippen LogP contribution in [0.25, 0.3) is 11.0 Å². The van der Waals surface area contributed by atoms with E-state index in [4.69, 9.17) is 0 Å². The number of carbonyl (C=O) groups excluding carboxylic acids is 1. The van der Waals surface area contributed by atoms with Crippen LogP contribution in [0.5, 0.6) is 0 Å². The van der Waals surface area contributed by atoms with Crippen molar-refractivity contribution in [2.75, 3.05) is 0 Å². The highest BCUT2D eigenvalue weighted by atomic mass is 19.1. The average molecular weight is 179 g/mol. The molecular formula is C8H6FN3O. The fourth-order valence-corrected chi connectivity index (χ4v) is 1.12. The van der Waals surface area contributed by atoms with Gasteiger partial charge in [0.25, 0.3) is 0 Å². The smallest absolute Gasteiger partial charge is 0.245 e. The third-order valence-electron chi connectivity index (χ3n) is 1.71. The lowest BCUT2D eigenvalue weighted by atomic mass is 10.3. The molecule has 1 aromatic carbocycles. The van der Waals surface area contributed by atoms with E-state index in [1.54, 1.807) is 0 Å². The van der Waals surface area contributed by atoms with Gasteiger partial charge in [-0.05, 0) is 12.1 Å². The maximum Gasteiger partial charge on any atom is 0.245 e. The number of rotatable bonds is 0. The Labute approximate surface area is 73.0 Å². The largest absolute Gasteiger partial charge is 0.273 e. The number of hydrogen-bond acceptors (Lipinski definition) is 3. The molecule has 0 aliphatic heterocycles. The van der Waals surface area contributed by atoms with Gasteiger partial charge in [0.2, 0.25) is 5.91 Å². The fourth-order valence-electron chi connectivity index (χ4n) is 1.12. The van der Waals surface area contributed by atoms with E-state index >= 15 is 0 Å². The van der Waals surface area contributed by atoms with E-state index < -0.39 is 5.82 Å². The highest BCUT2D eigenvalue weighted by molar-refractivity contribution is 5.87. The molecule has 2 aromatic rings. The van der Waals surface area contributed by atoms with E-state index in [9.17, 15) is 9.18 Å². The SMILES string of the molecule is CC(=O)n1nnc2ccc(F)cc21. The summed E-state index contributed by atoms with van der Waals surface area (Å²) in [6.45, 7) is 1.35. The molecule has 0 N–H and O–H groups in total. The van der Waals surface area contributed by atoms with Gasteiger partial charge in [-0.2, -0.15) is 4.68 Å². The minimum absolute atomic E-state index is 0.284. The Kier molecular flexibility index (Phi) is 1.58. The van der Waals surface area contributed by atoms with Crippen LogP contribution in [-0.2, 0) is 0 Å². The monoisotopic (exact) mass is 179 g/mol. The average Bonchev–Trinajstić information content (AvgIpc) is 2.46. The van der Waals surface area contributed by atoms with Crippen LogP contribution in [-0.4, -0.2) is 20.9 Å². The van der Waals surface area contributed by atoms with Gasteiger partial charge < -0.3 is 0 Å². The Balaban J connectivity index is 2.79. The van der Waals surface area contributed by atoms with Crippen molar-refractivity contribution in [2.45, 2.75) is 6.92 Å². The lowest BCUT2D eigenvalue weighted by Gasteiger charge is -1.93. The zero-order valence-electron chi connectivity index (χ0n) is 6.86. The van der Waals surface area contributed by atoms with Crippen molar-refractivity contribution in [2.24, 2.45) is 0 Å².